The van der Waals surface area contributed by atoms with Gasteiger partial charge in [-0.25, -0.2) is 14.0 Å². The highest BCUT2D eigenvalue weighted by Gasteiger charge is 2.21. The zero-order chi connectivity index (χ0) is 12.1. The van der Waals surface area contributed by atoms with Crippen molar-refractivity contribution in [2.75, 3.05) is 7.11 Å². The highest BCUT2D eigenvalue weighted by molar-refractivity contribution is 5.86. The van der Waals surface area contributed by atoms with Crippen molar-refractivity contribution in [3.05, 3.63) is 35.6 Å². The molecule has 1 aromatic carbocycles. The molecule has 0 heterocycles. The zero-order valence-corrected chi connectivity index (χ0v) is 8.48. The van der Waals surface area contributed by atoms with Crippen LogP contribution in [0.1, 0.15) is 11.6 Å². The molecule has 0 amide bonds. The molecule has 16 heavy (non-hydrogen) atoms. The monoisotopic (exact) mass is 227 g/mol. The Morgan fingerprint density at radius 1 is 1.44 bits per heavy atom. The highest BCUT2D eigenvalue weighted by atomic mass is 19.1. The third-order valence-corrected chi connectivity index (χ3v) is 1.81. The van der Waals surface area contributed by atoms with Crippen molar-refractivity contribution in [1.29, 1.82) is 0 Å². The molecule has 2 N–H and O–H groups in total. The van der Waals surface area contributed by atoms with Crippen LogP contribution < -0.4 is 5.73 Å². The lowest BCUT2D eigenvalue weighted by Gasteiger charge is -2.09. The van der Waals surface area contributed by atoms with Crippen LogP contribution >= 0.6 is 0 Å². The number of rotatable bonds is 2. The van der Waals surface area contributed by atoms with Crippen LogP contribution in [0.3, 0.4) is 0 Å². The molecule has 1 rings (SSSR count). The summed E-state index contributed by atoms with van der Waals surface area (Å²) in [4.78, 5) is 21.9. The fourth-order valence-corrected chi connectivity index (χ4v) is 1.02. The van der Waals surface area contributed by atoms with Crippen molar-refractivity contribution in [1.82, 2.24) is 0 Å². The Morgan fingerprint density at radius 2 is 2.12 bits per heavy atom. The Kier molecular flexibility index (Phi) is 3.96. The third kappa shape index (κ3) is 3.03. The molecule has 0 aliphatic heterocycles. The van der Waals surface area contributed by atoms with E-state index in [1.54, 1.807) is 0 Å². The Labute approximate surface area is 90.9 Å². The number of hydrogen-bond donors (Lipinski definition) is 1. The Bertz CT molecular complexity index is 408. The number of benzene rings is 1. The summed E-state index contributed by atoms with van der Waals surface area (Å²) >= 11 is 0. The van der Waals surface area contributed by atoms with E-state index in [2.05, 4.69) is 9.47 Å². The van der Waals surface area contributed by atoms with Crippen molar-refractivity contribution >= 4 is 12.1 Å². The van der Waals surface area contributed by atoms with Gasteiger partial charge < -0.3 is 15.2 Å². The molecular formula is C10H10FNO4. The lowest BCUT2D eigenvalue weighted by molar-refractivity contribution is -0.141. The predicted octanol–water partition coefficient (Wildman–Crippen LogP) is 1.14. The van der Waals surface area contributed by atoms with Gasteiger partial charge in [-0.1, -0.05) is 12.1 Å². The van der Waals surface area contributed by atoms with Crippen LogP contribution in [0.2, 0.25) is 0 Å². The number of carbonyl (C=O) groups excluding carboxylic acids is 2. The normalized spacial score (nSPS) is 11.7. The molecule has 0 spiro atoms. The van der Waals surface area contributed by atoms with E-state index in [0.717, 1.165) is 13.2 Å². The minimum atomic E-state index is -1.23. The molecule has 6 heteroatoms. The number of esters is 1. The molecule has 1 atom stereocenters. The first-order chi connectivity index (χ1) is 7.54. The summed E-state index contributed by atoms with van der Waals surface area (Å²) < 4.78 is 21.1. The molecule has 86 valence electrons. The molecule has 0 aromatic heterocycles. The quantitative estimate of drug-likeness (QED) is 0.605. The average Bonchev–Trinajstić information content (AvgIpc) is 2.27. The molecule has 0 saturated heterocycles. The van der Waals surface area contributed by atoms with Gasteiger partial charge in [0.05, 0.1) is 7.11 Å². The molecule has 1 aromatic rings. The van der Waals surface area contributed by atoms with E-state index in [0.29, 0.717) is 0 Å². The van der Waals surface area contributed by atoms with Crippen LogP contribution in [0.5, 0.6) is 0 Å². The van der Waals surface area contributed by atoms with E-state index in [9.17, 15) is 14.0 Å². The van der Waals surface area contributed by atoms with Gasteiger partial charge in [0.25, 0.3) is 0 Å². The predicted molar refractivity (Wildman–Crippen MR) is 51.8 cm³/mol. The summed E-state index contributed by atoms with van der Waals surface area (Å²) in [5, 5.41) is 0. The van der Waals surface area contributed by atoms with Crippen molar-refractivity contribution in [2.24, 2.45) is 5.73 Å². The number of hydrogen-bond acceptors (Lipinski definition) is 5. The molecular weight excluding hydrogens is 217 g/mol. The minimum absolute atomic E-state index is 0.217. The molecule has 0 unspecified atom stereocenters. The lowest BCUT2D eigenvalue weighted by Crippen LogP contribution is -2.26. The zero-order valence-electron chi connectivity index (χ0n) is 8.48. The number of carbonyl (C=O) groups is 2. The fourth-order valence-electron chi connectivity index (χ4n) is 1.02. The number of ether oxygens (including phenoxy) is 2. The second-order valence-corrected chi connectivity index (χ2v) is 2.91. The van der Waals surface area contributed by atoms with Gasteiger partial charge in [0.1, 0.15) is 11.9 Å². The SMILES string of the molecule is COC(=O)OC(=O)[C@@H](N)c1cccc(F)c1. The van der Waals surface area contributed by atoms with Gasteiger partial charge in [0, 0.05) is 0 Å². The van der Waals surface area contributed by atoms with Crippen molar-refractivity contribution in [2.45, 2.75) is 6.04 Å². The van der Waals surface area contributed by atoms with Gasteiger partial charge in [0.2, 0.25) is 0 Å². The average molecular weight is 227 g/mol. The van der Waals surface area contributed by atoms with Crippen LogP contribution in [0.4, 0.5) is 9.18 Å². The second-order valence-electron chi connectivity index (χ2n) is 2.91. The highest BCUT2D eigenvalue weighted by Crippen LogP contribution is 2.13. The largest absolute Gasteiger partial charge is 0.515 e. The first-order valence-corrected chi connectivity index (χ1v) is 4.35. The van der Waals surface area contributed by atoms with Crippen LogP contribution in [0, 0.1) is 5.82 Å². The number of nitrogens with two attached hydrogens (primary N) is 1. The van der Waals surface area contributed by atoms with Crippen LogP contribution in [-0.2, 0) is 14.3 Å². The summed E-state index contributed by atoms with van der Waals surface area (Å²) in [5.74, 6) is -1.53. The van der Waals surface area contributed by atoms with E-state index in [-0.39, 0.29) is 5.56 Å². The van der Waals surface area contributed by atoms with E-state index < -0.39 is 24.0 Å². The van der Waals surface area contributed by atoms with Gasteiger partial charge in [-0.15, -0.1) is 0 Å². The summed E-state index contributed by atoms with van der Waals surface area (Å²) in [7, 11) is 1.06. The van der Waals surface area contributed by atoms with Crippen molar-refractivity contribution in [3.8, 4) is 0 Å². The number of halogens is 1. The maximum atomic E-state index is 12.8. The van der Waals surface area contributed by atoms with Gasteiger partial charge in [0.15, 0.2) is 0 Å². The summed E-state index contributed by atoms with van der Waals surface area (Å²) in [6.07, 6.45) is -1.16. The first kappa shape index (κ1) is 12.1. The van der Waals surface area contributed by atoms with Gasteiger partial charge in [-0.2, -0.15) is 0 Å². The lowest BCUT2D eigenvalue weighted by atomic mass is 10.1. The van der Waals surface area contributed by atoms with Crippen molar-refractivity contribution in [3.63, 3.8) is 0 Å². The Balaban J connectivity index is 2.74. The second kappa shape index (κ2) is 5.22. The maximum absolute atomic E-state index is 12.8. The molecule has 0 aliphatic rings. The Morgan fingerprint density at radius 3 is 2.69 bits per heavy atom. The summed E-state index contributed by atoms with van der Waals surface area (Å²) in [6, 6.07) is 3.92. The van der Waals surface area contributed by atoms with E-state index >= 15 is 0 Å². The first-order valence-electron chi connectivity index (χ1n) is 4.35. The van der Waals surface area contributed by atoms with Crippen LogP contribution in [-0.4, -0.2) is 19.2 Å². The van der Waals surface area contributed by atoms with Gasteiger partial charge >= 0.3 is 12.1 Å². The molecule has 0 bridgehead atoms. The third-order valence-electron chi connectivity index (χ3n) is 1.81. The number of methoxy groups -OCH3 is 1. The van der Waals surface area contributed by atoms with Gasteiger partial charge in [-0.05, 0) is 17.7 Å². The topological polar surface area (TPSA) is 78.6 Å². The van der Waals surface area contributed by atoms with Crippen LogP contribution in [0.25, 0.3) is 0 Å². The molecule has 0 radical (unpaired) electrons. The van der Waals surface area contributed by atoms with E-state index in [1.807, 2.05) is 0 Å². The van der Waals surface area contributed by atoms with Gasteiger partial charge in [-0.3, -0.25) is 0 Å². The minimum Gasteiger partial charge on any atom is -0.437 e. The van der Waals surface area contributed by atoms with Crippen LogP contribution in [0.15, 0.2) is 24.3 Å². The Hall–Kier alpha value is -1.95. The molecule has 5 nitrogen and oxygen atoms in total. The van der Waals surface area contributed by atoms with E-state index in [1.165, 1.54) is 18.2 Å². The smallest absolute Gasteiger partial charge is 0.437 e. The summed E-state index contributed by atoms with van der Waals surface area (Å²) in [5.41, 5.74) is 5.68. The maximum Gasteiger partial charge on any atom is 0.515 e. The van der Waals surface area contributed by atoms with E-state index in [4.69, 9.17) is 5.73 Å². The van der Waals surface area contributed by atoms with Crippen molar-refractivity contribution < 1.29 is 23.5 Å². The fraction of sp³-hybridized carbons (Fsp3) is 0.200. The standard InChI is InChI=1S/C10H10FNO4/c1-15-10(14)16-9(13)8(12)6-3-2-4-7(11)5-6/h2-5,8H,12H2,1H3/t8-/m0/s1. The molecule has 0 fully saturated rings. The molecule has 0 saturated carbocycles. The molecule has 0 aliphatic carbocycles. The summed E-state index contributed by atoms with van der Waals surface area (Å²) in [6.45, 7) is 0.